The van der Waals surface area contributed by atoms with Crippen molar-refractivity contribution in [2.24, 2.45) is 0 Å². The van der Waals surface area contributed by atoms with E-state index in [4.69, 9.17) is 0 Å². The lowest BCUT2D eigenvalue weighted by Crippen LogP contribution is -2.44. The van der Waals surface area contributed by atoms with Gasteiger partial charge in [0.05, 0.1) is 35.3 Å². The molecule has 9 heterocycles. The van der Waals surface area contributed by atoms with Crippen LogP contribution in [0.4, 0.5) is 65.1 Å². The number of aromatic nitrogens is 9. The maximum atomic E-state index is 14.7. The number of pyridine rings is 3. The molecule has 15 rings (SSSR count). The number of rotatable bonds is 18. The Morgan fingerprint density at radius 1 is 0.426 bits per heavy atom. The van der Waals surface area contributed by atoms with Crippen LogP contribution in [0.1, 0.15) is 16.7 Å². The van der Waals surface area contributed by atoms with Gasteiger partial charge in [-0.3, -0.25) is 32.3 Å². The van der Waals surface area contributed by atoms with Crippen molar-refractivity contribution in [3.63, 3.8) is 0 Å². The fourth-order valence-electron chi connectivity index (χ4n) is 13.1. The van der Waals surface area contributed by atoms with Gasteiger partial charge in [0, 0.05) is 205 Å². The lowest BCUT2D eigenvalue weighted by molar-refractivity contribution is 0.313. The summed E-state index contributed by atoms with van der Waals surface area (Å²) in [6.07, 6.45) is 9.26. The van der Waals surface area contributed by atoms with Crippen molar-refractivity contribution >= 4 is 117 Å². The van der Waals surface area contributed by atoms with Gasteiger partial charge in [-0.25, -0.2) is 36.5 Å². The fourth-order valence-corrected chi connectivity index (χ4v) is 15.4. The van der Waals surface area contributed by atoms with Crippen molar-refractivity contribution < 1.29 is 25.8 Å². The van der Waals surface area contributed by atoms with E-state index in [1.165, 1.54) is 92.0 Å². The van der Waals surface area contributed by atoms with Gasteiger partial charge >= 0.3 is 0 Å². The zero-order valence-corrected chi connectivity index (χ0v) is 62.9. The Hall–Kier alpha value is -10.9. The Morgan fingerprint density at radius 3 is 1.10 bits per heavy atom. The number of hydrogen-bond acceptors (Lipinski definition) is 22. The number of halogens is 3. The van der Waals surface area contributed by atoms with E-state index < -0.39 is 37.8 Å². The zero-order chi connectivity index (χ0) is 75.8. The summed E-state index contributed by atoms with van der Waals surface area (Å²) in [7, 11) is 1.28. The molecular weight excluding hydrogens is 1440 g/mol. The number of piperazine rings is 3. The lowest BCUT2D eigenvalue weighted by Gasteiger charge is -2.34. The average molecular weight is 1520 g/mol. The molecule has 0 saturated carbocycles. The van der Waals surface area contributed by atoms with E-state index in [1.54, 1.807) is 48.9 Å². The molecule has 3 fully saturated rings. The fraction of sp³-hybridized carbons (Fsp3) is 0.269. The molecule has 3 aliphatic rings. The van der Waals surface area contributed by atoms with Crippen LogP contribution in [0.25, 0.3) is 33.1 Å². The summed E-state index contributed by atoms with van der Waals surface area (Å²) in [5, 5.41) is 11.5. The molecular formula is C78H81F3N18O6S3. The standard InChI is InChI=1S/C26H27FN6O3S.C26H27FN6O2S.C26H27FN6OS/c1-31-12-14-32(15-13-31)20-9-7-19(8-10-20)29-26-28-16-18-6-11-24(34)33(25(18)30-26)17-21-22(27)4-3-5-23(21)37(2,35)36;1-31-12-14-32(15-13-31)20-9-7-19(8-10-20)29-26-28-16-18-6-11-24(34)33(25(18)30-26)17-21-22(27)4-3-5-23(21)36(2)35;1-31-12-14-32(15-13-31)20-9-7-19(8-10-20)29-26-28-16-18-6-11-24(34)33(25(18)30-26)17-21-22(27)4-3-5-23(21)35-2/h3-11,16H,12-15,17H2,1-2H3,(H,28,29,30);3-11,16H,12-15,17H2,1-2H3,(H,28,29,30);3-11,16H,12-15,17H2,1-2H3,(H,28,29,30). The van der Waals surface area contributed by atoms with Gasteiger partial charge in [-0.05, 0) is 155 Å². The molecule has 1 atom stereocenters. The van der Waals surface area contributed by atoms with Gasteiger partial charge in [0.1, 0.15) is 34.4 Å². The van der Waals surface area contributed by atoms with Crippen molar-refractivity contribution in [2.75, 3.05) is 149 Å². The minimum Gasteiger partial charge on any atom is -0.369 e. The molecule has 6 aromatic heterocycles. The van der Waals surface area contributed by atoms with Crippen molar-refractivity contribution in [1.29, 1.82) is 0 Å². The van der Waals surface area contributed by atoms with Gasteiger partial charge in [0.2, 0.25) is 17.8 Å². The van der Waals surface area contributed by atoms with Crippen LogP contribution in [0.2, 0.25) is 0 Å². The largest absolute Gasteiger partial charge is 0.369 e. The third-order valence-electron chi connectivity index (χ3n) is 19.3. The summed E-state index contributed by atoms with van der Waals surface area (Å²) in [5.74, 6) is -0.603. The van der Waals surface area contributed by atoms with E-state index >= 15 is 0 Å². The molecule has 24 nitrogen and oxygen atoms in total. The molecule has 30 heteroatoms. The second kappa shape index (κ2) is 33.5. The maximum absolute atomic E-state index is 14.7. The SMILES string of the molecule is CN1CCN(c2ccc(Nc3ncc4ccc(=O)n(Cc5c(F)cccc5S(C)(=O)=O)c4n3)cc2)CC1.CN1CCN(c2ccc(Nc3ncc4ccc(=O)n(Cc5c(F)cccc5S(C)=O)c4n3)cc2)CC1.CSc1cccc(F)c1Cn1c(=O)ccc2cnc(Nc3ccc(N4CCN(C)CC4)cc3)nc21. The molecule has 0 spiro atoms. The Balaban J connectivity index is 0.000000143. The lowest BCUT2D eigenvalue weighted by atomic mass is 10.2. The van der Waals surface area contributed by atoms with Gasteiger partial charge < -0.3 is 45.3 Å². The zero-order valence-electron chi connectivity index (χ0n) is 60.4. The first-order valence-electron chi connectivity index (χ1n) is 35.0. The van der Waals surface area contributed by atoms with Crippen LogP contribution >= 0.6 is 11.8 Å². The van der Waals surface area contributed by atoms with Crippen LogP contribution in [0.15, 0.2) is 211 Å². The van der Waals surface area contributed by atoms with Crippen molar-refractivity contribution in [2.45, 2.75) is 34.3 Å². The van der Waals surface area contributed by atoms with Crippen LogP contribution in [0, 0.1) is 17.5 Å². The van der Waals surface area contributed by atoms with E-state index in [-0.39, 0.29) is 64.2 Å². The second-order valence-electron chi connectivity index (χ2n) is 26.7. The summed E-state index contributed by atoms with van der Waals surface area (Å²) in [5.41, 5.74) is 6.60. The first-order chi connectivity index (χ1) is 52.1. The number of likely N-dealkylation sites (N-methyl/N-ethyl adjacent to an activating group) is 3. The number of benzene rings is 6. The van der Waals surface area contributed by atoms with Crippen LogP contribution < -0.4 is 47.3 Å². The van der Waals surface area contributed by atoms with E-state index in [2.05, 4.69) is 121 Å². The van der Waals surface area contributed by atoms with Crippen LogP contribution in [-0.4, -0.2) is 189 Å². The Bertz CT molecular complexity index is 5580. The van der Waals surface area contributed by atoms with Gasteiger partial charge in [-0.2, -0.15) is 15.0 Å². The maximum Gasteiger partial charge on any atom is 0.252 e. The van der Waals surface area contributed by atoms with Gasteiger partial charge in [-0.15, -0.1) is 11.8 Å². The van der Waals surface area contributed by atoms with E-state index in [0.29, 0.717) is 49.8 Å². The first kappa shape index (κ1) is 75.3. The number of hydrogen-bond donors (Lipinski definition) is 3. The summed E-state index contributed by atoms with van der Waals surface area (Å²) in [6, 6.07) is 46.6. The van der Waals surface area contributed by atoms with Crippen molar-refractivity contribution in [3.05, 3.63) is 248 Å². The van der Waals surface area contributed by atoms with Crippen LogP contribution in [0.5, 0.6) is 0 Å². The van der Waals surface area contributed by atoms with Crippen LogP contribution in [0.3, 0.4) is 0 Å². The molecule has 0 aliphatic carbocycles. The average Bonchev–Trinajstić information content (AvgIpc) is 0.784. The smallest absolute Gasteiger partial charge is 0.252 e. The topological polar surface area (TPSA) is 250 Å². The predicted octanol–water partition coefficient (Wildman–Crippen LogP) is 10.3. The molecule has 108 heavy (non-hydrogen) atoms. The van der Waals surface area contributed by atoms with E-state index in [1.807, 2.05) is 60.9 Å². The molecule has 1 unspecified atom stereocenters. The molecule has 558 valence electrons. The Morgan fingerprint density at radius 2 is 0.750 bits per heavy atom. The van der Waals surface area contributed by atoms with Gasteiger partial charge in [0.15, 0.2) is 9.84 Å². The Kier molecular flexibility index (Phi) is 23.4. The summed E-state index contributed by atoms with van der Waals surface area (Å²) in [4.78, 5) is 80.2. The molecule has 3 saturated heterocycles. The molecule has 3 N–H and O–H groups in total. The highest BCUT2D eigenvalue weighted by atomic mass is 32.2. The molecule has 6 aromatic carbocycles. The molecule has 0 radical (unpaired) electrons. The quantitative estimate of drug-likeness (QED) is 0.0676. The Labute approximate surface area is 629 Å². The van der Waals surface area contributed by atoms with Crippen molar-refractivity contribution in [1.82, 2.24) is 58.3 Å². The summed E-state index contributed by atoms with van der Waals surface area (Å²) >= 11 is 1.45. The number of nitrogens with zero attached hydrogens (tertiary/aromatic N) is 15. The monoisotopic (exact) mass is 1520 g/mol. The molecule has 3 aliphatic heterocycles. The summed E-state index contributed by atoms with van der Waals surface area (Å²) < 4.78 is 84.8. The second-order valence-corrected chi connectivity index (χ2v) is 30.8. The third-order valence-corrected chi connectivity index (χ3v) is 22.3. The van der Waals surface area contributed by atoms with Crippen molar-refractivity contribution in [3.8, 4) is 0 Å². The minimum atomic E-state index is -3.71. The number of fused-ring (bicyclic) bond motifs is 3. The highest BCUT2D eigenvalue weighted by Gasteiger charge is 2.23. The van der Waals surface area contributed by atoms with E-state index in [0.717, 1.165) is 118 Å². The number of thioether (sulfide) groups is 1. The number of nitrogens with one attached hydrogen (secondary N) is 3. The highest BCUT2D eigenvalue weighted by Crippen LogP contribution is 2.30. The predicted molar refractivity (Wildman–Crippen MR) is 423 cm³/mol. The molecule has 0 amide bonds. The summed E-state index contributed by atoms with van der Waals surface area (Å²) in [6.45, 7) is 11.9. The minimum absolute atomic E-state index is 0.0894. The van der Waals surface area contributed by atoms with Gasteiger partial charge in [0.25, 0.3) is 16.7 Å². The van der Waals surface area contributed by atoms with Crippen LogP contribution in [-0.2, 0) is 40.3 Å². The number of sulfone groups is 1. The molecule has 0 bridgehead atoms. The number of anilines is 9. The first-order valence-corrected chi connectivity index (χ1v) is 39.7. The normalized spacial score (nSPS) is 14.8. The molecule has 12 aromatic rings. The third kappa shape index (κ3) is 17.9. The highest BCUT2D eigenvalue weighted by molar-refractivity contribution is 7.98. The van der Waals surface area contributed by atoms with E-state index in [9.17, 15) is 40.2 Å². The van der Waals surface area contributed by atoms with Gasteiger partial charge in [-0.1, -0.05) is 18.2 Å².